The molecular weight excluding hydrogens is 261 g/mol. The van der Waals surface area contributed by atoms with E-state index in [1.54, 1.807) is 0 Å². The molecule has 98 valence electrons. The molecule has 0 aliphatic heterocycles. The lowest BCUT2D eigenvalue weighted by Crippen LogP contribution is -2.47. The minimum atomic E-state index is -4.76. The first-order valence-electron chi connectivity index (χ1n) is 3.86. The van der Waals surface area contributed by atoms with Gasteiger partial charge in [-0.1, -0.05) is 0 Å². The van der Waals surface area contributed by atoms with E-state index in [0.717, 1.165) is 4.72 Å². The van der Waals surface area contributed by atoms with Crippen molar-refractivity contribution in [2.45, 2.75) is 12.1 Å². The smallest absolute Gasteiger partial charge is 0.325 e. The Morgan fingerprint density at radius 1 is 1.00 bits per heavy atom. The standard InChI is InChI=1S/C5H10F5N3O2S/c6-4(7,1-11)2-12-16(14,15)13-3-5(8,9)10/h12-13H,1-3,11H2. The van der Waals surface area contributed by atoms with Gasteiger partial charge in [0.15, 0.2) is 0 Å². The van der Waals surface area contributed by atoms with Crippen molar-refractivity contribution in [3.8, 4) is 0 Å². The highest BCUT2D eigenvalue weighted by atomic mass is 32.2. The Morgan fingerprint density at radius 3 is 1.81 bits per heavy atom. The third-order valence-electron chi connectivity index (χ3n) is 1.28. The van der Waals surface area contributed by atoms with Gasteiger partial charge in [0.1, 0.15) is 6.54 Å². The van der Waals surface area contributed by atoms with E-state index in [1.165, 1.54) is 4.72 Å². The lowest BCUT2D eigenvalue weighted by molar-refractivity contribution is -0.121. The summed E-state index contributed by atoms with van der Waals surface area (Å²) in [7, 11) is -4.61. The third kappa shape index (κ3) is 7.73. The number of hydrogen-bond donors (Lipinski definition) is 3. The van der Waals surface area contributed by atoms with E-state index in [2.05, 4.69) is 5.73 Å². The molecule has 0 aliphatic rings. The molecule has 11 heteroatoms. The molecule has 0 rings (SSSR count). The normalized spacial score (nSPS) is 14.1. The second-order valence-corrected chi connectivity index (χ2v) is 4.41. The van der Waals surface area contributed by atoms with Crippen LogP contribution in [-0.4, -0.2) is 40.2 Å². The summed E-state index contributed by atoms with van der Waals surface area (Å²) < 4.78 is 83.5. The minimum Gasteiger partial charge on any atom is -0.325 e. The van der Waals surface area contributed by atoms with E-state index in [4.69, 9.17) is 0 Å². The van der Waals surface area contributed by atoms with Crippen LogP contribution in [0.5, 0.6) is 0 Å². The topological polar surface area (TPSA) is 84.2 Å². The zero-order chi connectivity index (χ0) is 13.0. The van der Waals surface area contributed by atoms with Crippen LogP contribution >= 0.6 is 0 Å². The fourth-order valence-corrected chi connectivity index (χ4v) is 1.36. The number of nitrogens with two attached hydrogens (primary N) is 1. The molecule has 0 radical (unpaired) electrons. The minimum absolute atomic E-state index is 1.06. The average molecular weight is 271 g/mol. The van der Waals surface area contributed by atoms with Crippen molar-refractivity contribution in [1.82, 2.24) is 9.44 Å². The van der Waals surface area contributed by atoms with Gasteiger partial charge < -0.3 is 5.73 Å². The maximum absolute atomic E-state index is 12.5. The van der Waals surface area contributed by atoms with E-state index in [1.807, 2.05) is 0 Å². The first kappa shape index (κ1) is 15.5. The highest BCUT2D eigenvalue weighted by Gasteiger charge is 2.32. The predicted octanol–water partition coefficient (Wildman–Crippen LogP) is -0.433. The first-order valence-corrected chi connectivity index (χ1v) is 5.35. The van der Waals surface area contributed by atoms with Gasteiger partial charge in [-0.3, -0.25) is 0 Å². The highest BCUT2D eigenvalue weighted by Crippen LogP contribution is 2.13. The van der Waals surface area contributed by atoms with Crippen molar-refractivity contribution in [3.05, 3.63) is 0 Å². The van der Waals surface area contributed by atoms with Gasteiger partial charge in [-0.25, -0.2) is 8.78 Å². The summed E-state index contributed by atoms with van der Waals surface area (Å²) in [6.07, 6.45) is -4.76. The van der Waals surface area contributed by atoms with Gasteiger partial charge in [-0.15, -0.1) is 0 Å². The molecule has 0 saturated heterocycles. The second-order valence-electron chi connectivity index (χ2n) is 2.82. The Hall–Kier alpha value is -0.520. The molecule has 0 spiro atoms. The van der Waals surface area contributed by atoms with Crippen molar-refractivity contribution < 1.29 is 30.4 Å². The summed E-state index contributed by atoms with van der Waals surface area (Å²) in [4.78, 5) is 0. The van der Waals surface area contributed by atoms with Gasteiger partial charge >= 0.3 is 6.18 Å². The van der Waals surface area contributed by atoms with E-state index in [-0.39, 0.29) is 0 Å². The van der Waals surface area contributed by atoms with E-state index >= 15 is 0 Å². The number of alkyl halides is 5. The number of nitrogens with one attached hydrogen (secondary N) is 2. The molecule has 0 aromatic rings. The van der Waals surface area contributed by atoms with Crippen LogP contribution in [0.1, 0.15) is 0 Å². The van der Waals surface area contributed by atoms with Crippen LogP contribution in [0.2, 0.25) is 0 Å². The summed E-state index contributed by atoms with van der Waals surface area (Å²) >= 11 is 0. The maximum atomic E-state index is 12.5. The van der Waals surface area contributed by atoms with Gasteiger partial charge in [0.05, 0.1) is 13.1 Å². The Bertz CT molecular complexity index is 315. The summed E-state index contributed by atoms with van der Waals surface area (Å²) in [5, 5.41) is 0. The number of rotatable bonds is 6. The van der Waals surface area contributed by atoms with Gasteiger partial charge in [-0.05, 0) is 0 Å². The third-order valence-corrected chi connectivity index (χ3v) is 2.33. The Balaban J connectivity index is 4.18. The summed E-state index contributed by atoms with van der Waals surface area (Å²) in [6, 6.07) is 0. The lowest BCUT2D eigenvalue weighted by Gasteiger charge is -2.15. The fraction of sp³-hybridized carbons (Fsp3) is 1.00. The largest absolute Gasteiger partial charge is 0.402 e. The molecule has 0 saturated carbocycles. The van der Waals surface area contributed by atoms with Crippen molar-refractivity contribution in [2.24, 2.45) is 5.73 Å². The molecule has 5 nitrogen and oxygen atoms in total. The van der Waals surface area contributed by atoms with Crippen LogP contribution in [0.15, 0.2) is 0 Å². The van der Waals surface area contributed by atoms with Crippen molar-refractivity contribution in [1.29, 1.82) is 0 Å². The summed E-state index contributed by atoms with van der Waals surface area (Å²) in [6.45, 7) is -4.32. The SMILES string of the molecule is NCC(F)(F)CNS(=O)(=O)NCC(F)(F)F. The monoisotopic (exact) mass is 271 g/mol. The molecule has 0 unspecified atom stereocenters. The zero-order valence-electron chi connectivity index (χ0n) is 7.81. The van der Waals surface area contributed by atoms with Gasteiger partial charge in [-0.2, -0.15) is 31.0 Å². The maximum Gasteiger partial charge on any atom is 0.402 e. The molecule has 0 aromatic heterocycles. The molecule has 0 fully saturated rings. The van der Waals surface area contributed by atoms with Gasteiger partial charge in [0.25, 0.3) is 16.1 Å². The van der Waals surface area contributed by atoms with Crippen LogP contribution in [0.25, 0.3) is 0 Å². The van der Waals surface area contributed by atoms with Crippen molar-refractivity contribution >= 4 is 10.2 Å². The number of hydrogen-bond acceptors (Lipinski definition) is 3. The van der Waals surface area contributed by atoms with Crippen LogP contribution in [0.4, 0.5) is 22.0 Å². The van der Waals surface area contributed by atoms with Crippen LogP contribution in [0, 0.1) is 0 Å². The molecule has 4 N–H and O–H groups in total. The molecule has 0 aromatic carbocycles. The summed E-state index contributed by atoms with van der Waals surface area (Å²) in [5.41, 5.74) is 4.59. The predicted molar refractivity (Wildman–Crippen MR) is 45.0 cm³/mol. The molecule has 0 atom stereocenters. The average Bonchev–Trinajstić information content (AvgIpc) is 2.12. The molecule has 0 heterocycles. The Morgan fingerprint density at radius 2 is 1.44 bits per heavy atom. The molecule has 16 heavy (non-hydrogen) atoms. The van der Waals surface area contributed by atoms with E-state index in [0.29, 0.717) is 0 Å². The second kappa shape index (κ2) is 5.21. The van der Waals surface area contributed by atoms with E-state index < -0.39 is 41.9 Å². The zero-order valence-corrected chi connectivity index (χ0v) is 8.63. The van der Waals surface area contributed by atoms with Gasteiger partial charge in [0, 0.05) is 0 Å². The number of halogens is 5. The Labute approximate surface area is 88.4 Å². The first-order chi connectivity index (χ1) is 6.97. The quantitative estimate of drug-likeness (QED) is 0.573. The van der Waals surface area contributed by atoms with Crippen molar-refractivity contribution in [2.75, 3.05) is 19.6 Å². The fourth-order valence-electron chi connectivity index (χ4n) is 0.501. The molecule has 0 aliphatic carbocycles. The van der Waals surface area contributed by atoms with Gasteiger partial charge in [0.2, 0.25) is 0 Å². The highest BCUT2D eigenvalue weighted by molar-refractivity contribution is 7.87. The molecule has 0 amide bonds. The van der Waals surface area contributed by atoms with Crippen LogP contribution in [-0.2, 0) is 10.2 Å². The van der Waals surface area contributed by atoms with Crippen molar-refractivity contribution in [3.63, 3.8) is 0 Å². The Kier molecular flexibility index (Phi) is 5.04. The molecular formula is C5H10F5N3O2S. The lowest BCUT2D eigenvalue weighted by atomic mass is 10.3. The molecule has 0 bridgehead atoms. The van der Waals surface area contributed by atoms with Crippen LogP contribution in [0.3, 0.4) is 0 Å². The van der Waals surface area contributed by atoms with Crippen LogP contribution < -0.4 is 15.2 Å². The van der Waals surface area contributed by atoms with E-state index in [9.17, 15) is 30.4 Å². The summed E-state index contributed by atoms with van der Waals surface area (Å²) in [5.74, 6) is -3.51.